The van der Waals surface area contributed by atoms with Gasteiger partial charge in [0.05, 0.1) is 30.7 Å². The van der Waals surface area contributed by atoms with Crippen molar-refractivity contribution in [3.63, 3.8) is 0 Å². The Hall–Kier alpha value is -2.06. The SMILES string of the molecule is COc1ccc(N2C(=O)N(c3ccc(Br)cc3)[C@@H]3CS(=O)(=O)C[C@@H]32)cc1. The number of sulfone groups is 1. The minimum Gasteiger partial charge on any atom is -0.497 e. The summed E-state index contributed by atoms with van der Waals surface area (Å²) in [5, 5.41) is 0. The van der Waals surface area contributed by atoms with Crippen molar-refractivity contribution in [3.8, 4) is 5.75 Å². The lowest BCUT2D eigenvalue weighted by Gasteiger charge is -2.23. The maximum atomic E-state index is 13.2. The fourth-order valence-corrected chi connectivity index (χ4v) is 5.84. The van der Waals surface area contributed by atoms with E-state index in [1.807, 2.05) is 24.3 Å². The Labute approximate surface area is 160 Å². The molecule has 0 N–H and O–H groups in total. The zero-order chi connectivity index (χ0) is 18.5. The van der Waals surface area contributed by atoms with Crippen molar-refractivity contribution in [3.05, 3.63) is 53.0 Å². The average Bonchev–Trinajstić information content (AvgIpc) is 3.05. The fraction of sp³-hybridized carbons (Fsp3) is 0.278. The Balaban J connectivity index is 1.77. The number of hydrogen-bond donors (Lipinski definition) is 0. The monoisotopic (exact) mass is 436 g/mol. The Morgan fingerprint density at radius 3 is 1.85 bits per heavy atom. The van der Waals surface area contributed by atoms with Crippen molar-refractivity contribution in [2.45, 2.75) is 12.1 Å². The van der Waals surface area contributed by atoms with Gasteiger partial charge in [0.15, 0.2) is 9.84 Å². The second kappa shape index (κ2) is 6.28. The topological polar surface area (TPSA) is 66.9 Å². The molecule has 0 bridgehead atoms. The van der Waals surface area contributed by atoms with Gasteiger partial charge in [0.1, 0.15) is 5.75 Å². The normalized spacial score (nSPS) is 24.0. The summed E-state index contributed by atoms with van der Waals surface area (Å²) in [7, 11) is -1.63. The molecule has 2 atom stereocenters. The Morgan fingerprint density at radius 1 is 0.923 bits per heavy atom. The lowest BCUT2D eigenvalue weighted by molar-refractivity contribution is 0.255. The largest absolute Gasteiger partial charge is 0.497 e. The molecule has 0 unspecified atom stereocenters. The standard InChI is InChI=1S/C18H17BrN2O4S/c1-25-15-8-6-14(7-9-15)21-17-11-26(23,24)10-16(17)20(18(21)22)13-4-2-12(19)3-5-13/h2-9,16-17H,10-11H2,1H3/t16-,17+/m1/s1. The Kier molecular flexibility index (Phi) is 4.19. The number of halogens is 1. The van der Waals surface area contributed by atoms with Crippen LogP contribution in [0.15, 0.2) is 53.0 Å². The van der Waals surface area contributed by atoms with E-state index < -0.39 is 21.9 Å². The van der Waals surface area contributed by atoms with Gasteiger partial charge in [0.2, 0.25) is 0 Å². The highest BCUT2D eigenvalue weighted by atomic mass is 79.9. The van der Waals surface area contributed by atoms with E-state index in [1.165, 1.54) is 0 Å². The molecule has 2 aliphatic heterocycles. The molecule has 2 aliphatic rings. The van der Waals surface area contributed by atoms with Gasteiger partial charge >= 0.3 is 6.03 Å². The summed E-state index contributed by atoms with van der Waals surface area (Å²) < 4.78 is 30.6. The third-order valence-corrected chi connectivity index (χ3v) is 7.05. The Bertz CT molecular complexity index is 944. The third kappa shape index (κ3) is 2.87. The number of methoxy groups -OCH3 is 1. The predicted molar refractivity (Wildman–Crippen MR) is 104 cm³/mol. The molecular weight excluding hydrogens is 420 g/mol. The summed E-state index contributed by atoms with van der Waals surface area (Å²) in [5.41, 5.74) is 1.36. The first-order valence-electron chi connectivity index (χ1n) is 8.12. The smallest absolute Gasteiger partial charge is 0.329 e. The minimum atomic E-state index is -3.20. The highest BCUT2D eigenvalue weighted by Gasteiger charge is 2.54. The van der Waals surface area contributed by atoms with Gasteiger partial charge in [-0.1, -0.05) is 15.9 Å². The van der Waals surface area contributed by atoms with Gasteiger partial charge in [0, 0.05) is 15.8 Å². The maximum Gasteiger partial charge on any atom is 0.329 e. The van der Waals surface area contributed by atoms with Crippen LogP contribution >= 0.6 is 15.9 Å². The molecule has 2 fully saturated rings. The van der Waals surface area contributed by atoms with Gasteiger partial charge in [-0.25, -0.2) is 13.2 Å². The molecule has 2 saturated heterocycles. The van der Waals surface area contributed by atoms with Crippen LogP contribution in [0, 0.1) is 0 Å². The van der Waals surface area contributed by atoms with E-state index in [1.54, 1.807) is 41.2 Å². The zero-order valence-corrected chi connectivity index (χ0v) is 16.4. The number of hydrogen-bond acceptors (Lipinski definition) is 4. The van der Waals surface area contributed by atoms with Crippen LogP contribution in [0.4, 0.5) is 16.2 Å². The number of carbonyl (C=O) groups excluding carboxylic acids is 1. The van der Waals surface area contributed by atoms with Crippen molar-refractivity contribution in [2.24, 2.45) is 0 Å². The molecule has 0 aromatic heterocycles. The molecule has 136 valence electrons. The van der Waals surface area contributed by atoms with E-state index in [-0.39, 0.29) is 17.5 Å². The van der Waals surface area contributed by atoms with Crippen molar-refractivity contribution in [1.29, 1.82) is 0 Å². The highest BCUT2D eigenvalue weighted by molar-refractivity contribution is 9.10. The molecule has 2 aromatic rings. The van der Waals surface area contributed by atoms with Gasteiger partial charge in [-0.3, -0.25) is 9.80 Å². The molecule has 4 rings (SSSR count). The third-order valence-electron chi connectivity index (χ3n) is 4.82. The van der Waals surface area contributed by atoms with Crippen LogP contribution in [0.5, 0.6) is 5.75 Å². The summed E-state index contributed by atoms with van der Waals surface area (Å²) in [4.78, 5) is 16.4. The van der Waals surface area contributed by atoms with Crippen LogP contribution in [-0.4, -0.2) is 45.1 Å². The average molecular weight is 437 g/mol. The first-order valence-corrected chi connectivity index (χ1v) is 10.7. The van der Waals surface area contributed by atoms with Crippen LogP contribution in [0.2, 0.25) is 0 Å². The number of ether oxygens (including phenoxy) is 1. The molecule has 0 radical (unpaired) electrons. The zero-order valence-electron chi connectivity index (χ0n) is 14.0. The van der Waals surface area contributed by atoms with Crippen LogP contribution in [-0.2, 0) is 9.84 Å². The summed E-state index contributed by atoms with van der Waals surface area (Å²) in [6.07, 6.45) is 0. The summed E-state index contributed by atoms with van der Waals surface area (Å²) >= 11 is 3.38. The van der Waals surface area contributed by atoms with E-state index in [4.69, 9.17) is 4.74 Å². The van der Waals surface area contributed by atoms with Gasteiger partial charge in [-0.2, -0.15) is 0 Å². The number of anilines is 2. The van der Waals surface area contributed by atoms with Crippen LogP contribution in [0.25, 0.3) is 0 Å². The predicted octanol–water partition coefficient (Wildman–Crippen LogP) is 3.07. The second-order valence-electron chi connectivity index (χ2n) is 6.41. The molecule has 2 aromatic carbocycles. The van der Waals surface area contributed by atoms with Crippen molar-refractivity contribution in [1.82, 2.24) is 0 Å². The van der Waals surface area contributed by atoms with Gasteiger partial charge < -0.3 is 4.74 Å². The molecule has 8 heteroatoms. The lowest BCUT2D eigenvalue weighted by Crippen LogP contribution is -2.37. The minimum absolute atomic E-state index is 0.0217. The van der Waals surface area contributed by atoms with Crippen molar-refractivity contribution < 1.29 is 17.9 Å². The van der Waals surface area contributed by atoms with E-state index in [0.717, 1.165) is 4.47 Å². The van der Waals surface area contributed by atoms with E-state index in [2.05, 4.69) is 15.9 Å². The summed E-state index contributed by atoms with van der Waals surface area (Å²) in [6, 6.07) is 13.4. The van der Waals surface area contributed by atoms with Crippen molar-refractivity contribution in [2.75, 3.05) is 28.4 Å². The number of amides is 2. The van der Waals surface area contributed by atoms with Crippen LogP contribution in [0.1, 0.15) is 0 Å². The van der Waals surface area contributed by atoms with Gasteiger partial charge in [-0.15, -0.1) is 0 Å². The number of nitrogens with zero attached hydrogens (tertiary/aromatic N) is 2. The molecule has 2 heterocycles. The fourth-order valence-electron chi connectivity index (χ4n) is 3.65. The number of rotatable bonds is 3. The van der Waals surface area contributed by atoms with E-state index in [0.29, 0.717) is 17.1 Å². The number of benzene rings is 2. The maximum absolute atomic E-state index is 13.2. The molecule has 0 saturated carbocycles. The molecule has 6 nitrogen and oxygen atoms in total. The quantitative estimate of drug-likeness (QED) is 0.693. The number of fused-ring (bicyclic) bond motifs is 1. The van der Waals surface area contributed by atoms with Crippen LogP contribution < -0.4 is 14.5 Å². The molecule has 0 aliphatic carbocycles. The molecule has 26 heavy (non-hydrogen) atoms. The summed E-state index contributed by atoms with van der Waals surface area (Å²) in [6.45, 7) is 0. The van der Waals surface area contributed by atoms with Crippen LogP contribution in [0.3, 0.4) is 0 Å². The second-order valence-corrected chi connectivity index (χ2v) is 9.48. The van der Waals surface area contributed by atoms with E-state index in [9.17, 15) is 13.2 Å². The highest BCUT2D eigenvalue weighted by Crippen LogP contribution is 2.38. The molecule has 2 amide bonds. The van der Waals surface area contributed by atoms with E-state index >= 15 is 0 Å². The van der Waals surface area contributed by atoms with Gasteiger partial charge in [0.25, 0.3) is 0 Å². The van der Waals surface area contributed by atoms with Gasteiger partial charge in [-0.05, 0) is 48.5 Å². The molecule has 0 spiro atoms. The number of urea groups is 1. The number of carbonyl (C=O) groups is 1. The summed E-state index contributed by atoms with van der Waals surface area (Å²) in [5.74, 6) is 0.634. The Morgan fingerprint density at radius 2 is 1.38 bits per heavy atom. The lowest BCUT2D eigenvalue weighted by atomic mass is 10.1. The first-order chi connectivity index (χ1) is 12.4. The first kappa shape index (κ1) is 17.4. The molecular formula is C18H17BrN2O4S. The van der Waals surface area contributed by atoms with Crippen molar-refractivity contribution >= 4 is 43.2 Å².